The molecule has 3 aliphatic carbocycles. The molecule has 0 radical (unpaired) electrons. The van der Waals surface area contributed by atoms with Crippen LogP contribution in [0.15, 0.2) is 0 Å². The Balaban J connectivity index is 0.000000275. The largest absolute Gasteiger partial charge is 0.314 e. The van der Waals surface area contributed by atoms with Crippen LogP contribution in [0.3, 0.4) is 0 Å². The predicted octanol–water partition coefficient (Wildman–Crippen LogP) is 12.8. The summed E-state index contributed by atoms with van der Waals surface area (Å²) in [5, 5.41) is 6.97. The maximum atomic E-state index is 3.52. The summed E-state index contributed by atoms with van der Waals surface area (Å²) in [5.74, 6) is 6.65. The number of piperidine rings is 1. The maximum absolute atomic E-state index is 3.52. The van der Waals surface area contributed by atoms with Gasteiger partial charge in [-0.15, -0.1) is 0 Å². The Morgan fingerprint density at radius 1 is 0.386 bits per heavy atom. The fourth-order valence-corrected chi connectivity index (χ4v) is 8.12. The molecule has 44 heavy (non-hydrogen) atoms. The van der Waals surface area contributed by atoms with E-state index in [1.165, 1.54) is 135 Å². The highest BCUT2D eigenvalue weighted by Crippen LogP contribution is 2.38. The first-order chi connectivity index (χ1) is 20.8. The van der Waals surface area contributed by atoms with Gasteiger partial charge in [0.1, 0.15) is 0 Å². The molecule has 0 bridgehead atoms. The van der Waals surface area contributed by atoms with Gasteiger partial charge in [0.05, 0.1) is 0 Å². The zero-order chi connectivity index (χ0) is 33.0. The summed E-state index contributed by atoms with van der Waals surface area (Å²) < 4.78 is 0. The molecule has 2 N–H and O–H groups in total. The molecule has 2 nitrogen and oxygen atoms in total. The Labute approximate surface area is 280 Å². The van der Waals surface area contributed by atoms with Gasteiger partial charge in [-0.3, -0.25) is 0 Å². The van der Waals surface area contributed by atoms with E-state index in [2.05, 4.69) is 86.8 Å². The van der Waals surface area contributed by atoms with Crippen LogP contribution in [-0.2, 0) is 0 Å². The molecule has 2 heteroatoms. The highest BCUT2D eigenvalue weighted by molar-refractivity contribution is 4.78. The molecule has 2 heterocycles. The fraction of sp³-hybridized carbons (Fsp3) is 1.00. The summed E-state index contributed by atoms with van der Waals surface area (Å²) in [6, 6.07) is 1.62. The number of hydrogen-bond donors (Lipinski definition) is 2. The Kier molecular flexibility index (Phi) is 23.0. The second-order valence-electron chi connectivity index (χ2n) is 17.9. The van der Waals surface area contributed by atoms with Gasteiger partial charge in [-0.25, -0.2) is 0 Å². The van der Waals surface area contributed by atoms with Crippen molar-refractivity contribution in [3.63, 3.8) is 0 Å². The first-order valence-electron chi connectivity index (χ1n) is 20.3. The number of hydrogen-bond acceptors (Lipinski definition) is 2. The number of rotatable bonds is 4. The summed E-state index contributed by atoms with van der Waals surface area (Å²) in [7, 11) is 0. The highest BCUT2D eigenvalue weighted by Gasteiger charge is 2.27. The minimum absolute atomic E-state index is 0.580. The molecule has 0 spiro atoms. The zero-order valence-electron chi connectivity index (χ0n) is 32.5. The van der Waals surface area contributed by atoms with Gasteiger partial charge >= 0.3 is 0 Å². The van der Waals surface area contributed by atoms with E-state index >= 15 is 0 Å². The third-order valence-corrected chi connectivity index (χ3v) is 11.8. The van der Waals surface area contributed by atoms with Gasteiger partial charge in [0, 0.05) is 12.1 Å². The standard InChI is InChI=1S/3C9H18.C8H17N.C7H15N/c1-9(2,3)8-6-4-5-7-8;2*1-8(2)9-6-4-3-5-7-9;1-7(2)8-5-3-4-6-9-8;1-6(2)7-4-3-5-8-7/h8H,4-7H2,1-3H3;2*8-9H,3-7H2,1-2H3;7-9H,3-6H2,1-2H3;6-8H,3-5H2,1-2H3. The molecule has 5 fully saturated rings. The van der Waals surface area contributed by atoms with Crippen molar-refractivity contribution in [2.45, 2.75) is 210 Å². The monoisotopic (exact) mass is 619 g/mol. The maximum Gasteiger partial charge on any atom is 0.00905 e. The van der Waals surface area contributed by atoms with Crippen molar-refractivity contribution in [1.82, 2.24) is 10.6 Å². The van der Waals surface area contributed by atoms with Gasteiger partial charge in [0.15, 0.2) is 0 Å². The summed E-state index contributed by atoms with van der Waals surface area (Å²) in [6.07, 6.45) is 27.8. The van der Waals surface area contributed by atoms with Gasteiger partial charge in [0.2, 0.25) is 0 Å². The van der Waals surface area contributed by atoms with Gasteiger partial charge in [0.25, 0.3) is 0 Å². The summed E-state index contributed by atoms with van der Waals surface area (Å²) in [6.45, 7) is 28.1. The average molecular weight is 619 g/mol. The lowest BCUT2D eigenvalue weighted by Gasteiger charge is -2.26. The molecule has 2 atom stereocenters. The molecule has 2 saturated heterocycles. The summed E-state index contributed by atoms with van der Waals surface area (Å²) in [4.78, 5) is 0. The number of nitrogens with one attached hydrogen (secondary N) is 2. The van der Waals surface area contributed by atoms with Crippen LogP contribution in [0.25, 0.3) is 0 Å². The lowest BCUT2D eigenvalue weighted by molar-refractivity contribution is 0.246. The second kappa shape index (κ2) is 24.1. The molecule has 2 aliphatic heterocycles. The van der Waals surface area contributed by atoms with Crippen molar-refractivity contribution in [2.24, 2.45) is 46.8 Å². The van der Waals surface area contributed by atoms with Crippen molar-refractivity contribution >= 4 is 0 Å². The van der Waals surface area contributed by atoms with E-state index in [1.54, 1.807) is 0 Å². The van der Waals surface area contributed by atoms with Crippen LogP contribution in [0.5, 0.6) is 0 Å². The normalized spacial score (nSPS) is 25.4. The van der Waals surface area contributed by atoms with Gasteiger partial charge in [-0.1, -0.05) is 160 Å². The van der Waals surface area contributed by atoms with Crippen LogP contribution < -0.4 is 10.6 Å². The molecule has 0 aromatic heterocycles. The molecule has 3 saturated carbocycles. The Morgan fingerprint density at radius 2 is 0.727 bits per heavy atom. The van der Waals surface area contributed by atoms with E-state index in [9.17, 15) is 0 Å². The van der Waals surface area contributed by atoms with E-state index in [1.807, 2.05) is 0 Å². The van der Waals surface area contributed by atoms with Crippen LogP contribution in [0.2, 0.25) is 0 Å². The highest BCUT2D eigenvalue weighted by atomic mass is 14.9. The lowest BCUT2D eigenvalue weighted by Crippen LogP contribution is -2.37. The molecule has 5 aliphatic rings. The lowest BCUT2D eigenvalue weighted by atomic mass is 9.80. The van der Waals surface area contributed by atoms with Gasteiger partial charge in [-0.2, -0.15) is 0 Å². The van der Waals surface area contributed by atoms with Crippen molar-refractivity contribution in [1.29, 1.82) is 0 Å². The molecule has 0 aromatic rings. The van der Waals surface area contributed by atoms with E-state index < -0.39 is 0 Å². The Bertz CT molecular complexity index is 562. The minimum Gasteiger partial charge on any atom is -0.314 e. The van der Waals surface area contributed by atoms with E-state index in [-0.39, 0.29) is 0 Å². The molecule has 2 unspecified atom stereocenters. The summed E-state index contributed by atoms with van der Waals surface area (Å²) >= 11 is 0. The Hall–Kier alpha value is -0.0800. The molecule has 0 amide bonds. The Morgan fingerprint density at radius 3 is 0.955 bits per heavy atom. The third kappa shape index (κ3) is 19.6. The first-order valence-corrected chi connectivity index (χ1v) is 20.3. The van der Waals surface area contributed by atoms with Crippen LogP contribution in [0.4, 0.5) is 0 Å². The molecular formula is C42H86N2. The third-order valence-electron chi connectivity index (χ3n) is 11.8. The van der Waals surface area contributed by atoms with E-state index in [4.69, 9.17) is 0 Å². The van der Waals surface area contributed by atoms with Crippen molar-refractivity contribution in [3.8, 4) is 0 Å². The fourth-order valence-electron chi connectivity index (χ4n) is 8.12. The van der Waals surface area contributed by atoms with Crippen LogP contribution >= 0.6 is 0 Å². The summed E-state index contributed by atoms with van der Waals surface area (Å²) in [5.41, 5.74) is 0.580. The first kappa shape index (κ1) is 41.9. The van der Waals surface area contributed by atoms with Crippen molar-refractivity contribution in [3.05, 3.63) is 0 Å². The average Bonchev–Trinajstić information content (AvgIpc) is 3.76. The molecule has 5 rings (SSSR count). The topological polar surface area (TPSA) is 24.1 Å². The molecular weight excluding hydrogens is 532 g/mol. The van der Waals surface area contributed by atoms with Crippen LogP contribution in [-0.4, -0.2) is 25.2 Å². The van der Waals surface area contributed by atoms with Crippen molar-refractivity contribution < 1.29 is 0 Å². The minimum atomic E-state index is 0.580. The van der Waals surface area contributed by atoms with E-state index in [0.717, 1.165) is 53.5 Å². The molecule has 264 valence electrons. The zero-order valence-corrected chi connectivity index (χ0v) is 32.5. The van der Waals surface area contributed by atoms with Crippen LogP contribution in [0.1, 0.15) is 198 Å². The van der Waals surface area contributed by atoms with E-state index in [0.29, 0.717) is 5.41 Å². The second-order valence-corrected chi connectivity index (χ2v) is 17.9. The van der Waals surface area contributed by atoms with Gasteiger partial charge < -0.3 is 10.6 Å². The van der Waals surface area contributed by atoms with Crippen molar-refractivity contribution in [2.75, 3.05) is 13.1 Å². The SMILES string of the molecule is CC(C)(C)C1CCCC1.CC(C)C1CCCCC1.CC(C)C1CCCCC1.CC(C)C1CCCCN1.CC(C)C1CCCN1. The smallest absolute Gasteiger partial charge is 0.00905 e. The molecule has 0 aromatic carbocycles. The predicted molar refractivity (Wildman–Crippen MR) is 201 cm³/mol. The van der Waals surface area contributed by atoms with Gasteiger partial charge in [-0.05, 0) is 98.5 Å². The quantitative estimate of drug-likeness (QED) is 0.327. The van der Waals surface area contributed by atoms with Crippen LogP contribution in [0, 0.1) is 46.8 Å².